The molecule has 3 nitrogen and oxygen atoms in total. The molecule has 0 fully saturated rings. The average molecular weight is 285 g/mol. The fraction of sp³-hybridized carbons (Fsp3) is 0.118. The van der Waals surface area contributed by atoms with Gasteiger partial charge in [-0.25, -0.2) is 9.18 Å². The lowest BCUT2D eigenvalue weighted by Crippen LogP contribution is -2.18. The van der Waals surface area contributed by atoms with E-state index in [-0.39, 0.29) is 5.82 Å². The molecule has 2 aromatic carbocycles. The first-order valence-electron chi connectivity index (χ1n) is 6.52. The van der Waals surface area contributed by atoms with Crippen LogP contribution >= 0.6 is 0 Å². The van der Waals surface area contributed by atoms with Gasteiger partial charge in [0.2, 0.25) is 0 Å². The molecule has 21 heavy (non-hydrogen) atoms. The molecule has 0 unspecified atom stereocenters. The summed E-state index contributed by atoms with van der Waals surface area (Å²) in [4.78, 5) is 12.4. The van der Waals surface area contributed by atoms with E-state index in [4.69, 9.17) is 5.11 Å². The summed E-state index contributed by atoms with van der Waals surface area (Å²) in [6, 6.07) is 14.0. The van der Waals surface area contributed by atoms with Gasteiger partial charge in [0.15, 0.2) is 0 Å². The van der Waals surface area contributed by atoms with E-state index in [1.165, 1.54) is 6.07 Å². The number of para-hydroxylation sites is 1. The minimum Gasteiger partial charge on any atom is -0.478 e. The number of carboxylic acid groups (broad SMARTS) is 1. The molecule has 0 aliphatic rings. The molecule has 0 amide bonds. The maximum Gasteiger partial charge on any atom is 0.328 e. The van der Waals surface area contributed by atoms with Crippen LogP contribution < -0.4 is 4.90 Å². The maximum absolute atomic E-state index is 13.8. The number of carboxylic acids is 1. The van der Waals surface area contributed by atoms with Crippen LogP contribution in [0.25, 0.3) is 6.08 Å². The molecule has 0 atom stereocenters. The van der Waals surface area contributed by atoms with Crippen molar-refractivity contribution in [1.82, 2.24) is 0 Å². The zero-order valence-electron chi connectivity index (χ0n) is 11.7. The molecule has 2 rings (SSSR count). The first-order valence-corrected chi connectivity index (χ1v) is 6.52. The summed E-state index contributed by atoms with van der Waals surface area (Å²) >= 11 is 0. The fourth-order valence-corrected chi connectivity index (χ4v) is 2.10. The third-order valence-electron chi connectivity index (χ3n) is 3.13. The third kappa shape index (κ3) is 3.92. The van der Waals surface area contributed by atoms with Crippen molar-refractivity contribution < 1.29 is 14.3 Å². The fourth-order valence-electron chi connectivity index (χ4n) is 2.10. The molecule has 2 aromatic rings. The van der Waals surface area contributed by atoms with Crippen molar-refractivity contribution in [3.8, 4) is 0 Å². The molecule has 0 saturated carbocycles. The van der Waals surface area contributed by atoms with E-state index in [9.17, 15) is 9.18 Å². The van der Waals surface area contributed by atoms with Crippen LogP contribution in [0.5, 0.6) is 0 Å². The van der Waals surface area contributed by atoms with Gasteiger partial charge in [-0.15, -0.1) is 0 Å². The van der Waals surface area contributed by atoms with Crippen LogP contribution in [0.2, 0.25) is 0 Å². The summed E-state index contributed by atoms with van der Waals surface area (Å²) < 4.78 is 13.8. The van der Waals surface area contributed by atoms with Crippen LogP contribution in [-0.2, 0) is 11.3 Å². The van der Waals surface area contributed by atoms with E-state index in [1.807, 2.05) is 24.3 Å². The lowest BCUT2D eigenvalue weighted by Gasteiger charge is -2.21. The topological polar surface area (TPSA) is 40.5 Å². The van der Waals surface area contributed by atoms with Gasteiger partial charge in [-0.05, 0) is 29.3 Å². The van der Waals surface area contributed by atoms with Crippen molar-refractivity contribution in [2.24, 2.45) is 0 Å². The zero-order valence-corrected chi connectivity index (χ0v) is 11.7. The Hall–Kier alpha value is -2.62. The Bertz CT molecular complexity index is 667. The highest BCUT2D eigenvalue weighted by atomic mass is 19.1. The Balaban J connectivity index is 2.24. The number of anilines is 1. The minimum atomic E-state index is -0.993. The van der Waals surface area contributed by atoms with Crippen molar-refractivity contribution in [3.05, 3.63) is 71.6 Å². The average Bonchev–Trinajstić information content (AvgIpc) is 2.46. The van der Waals surface area contributed by atoms with Crippen LogP contribution in [0.4, 0.5) is 10.1 Å². The third-order valence-corrected chi connectivity index (χ3v) is 3.13. The molecule has 4 heteroatoms. The molecule has 0 radical (unpaired) electrons. The second-order valence-corrected chi connectivity index (χ2v) is 4.68. The number of rotatable bonds is 5. The van der Waals surface area contributed by atoms with Crippen LogP contribution in [-0.4, -0.2) is 18.1 Å². The smallest absolute Gasteiger partial charge is 0.328 e. The van der Waals surface area contributed by atoms with Gasteiger partial charge < -0.3 is 10.0 Å². The summed E-state index contributed by atoms with van der Waals surface area (Å²) in [5.41, 5.74) is 2.25. The predicted molar refractivity (Wildman–Crippen MR) is 81.6 cm³/mol. The van der Waals surface area contributed by atoms with Gasteiger partial charge in [0.25, 0.3) is 0 Å². The molecule has 0 heterocycles. The standard InChI is InChI=1S/C17H16FNO2/c1-19(16-9-5-4-8-15(16)18)12-14-7-3-2-6-13(14)10-11-17(20)21/h2-11H,12H2,1H3,(H,20,21). The molecule has 0 spiro atoms. The van der Waals surface area contributed by atoms with Crippen LogP contribution in [0.15, 0.2) is 54.6 Å². The van der Waals surface area contributed by atoms with E-state index < -0.39 is 5.97 Å². The molecule has 0 saturated heterocycles. The van der Waals surface area contributed by atoms with Crippen molar-refractivity contribution in [3.63, 3.8) is 0 Å². The number of hydrogen-bond acceptors (Lipinski definition) is 2. The van der Waals surface area contributed by atoms with E-state index in [2.05, 4.69) is 0 Å². The molecule has 108 valence electrons. The van der Waals surface area contributed by atoms with Gasteiger partial charge in [0.05, 0.1) is 5.69 Å². The summed E-state index contributed by atoms with van der Waals surface area (Å²) in [7, 11) is 1.80. The Labute approximate surface area is 123 Å². The van der Waals surface area contributed by atoms with E-state index in [0.717, 1.165) is 17.2 Å². The molecule has 1 N–H and O–H groups in total. The lowest BCUT2D eigenvalue weighted by molar-refractivity contribution is -0.131. The Morgan fingerprint density at radius 2 is 1.86 bits per heavy atom. The molecule has 0 bridgehead atoms. The highest BCUT2D eigenvalue weighted by molar-refractivity contribution is 5.85. The SMILES string of the molecule is CN(Cc1ccccc1C=CC(=O)O)c1ccccc1F. The van der Waals surface area contributed by atoms with Crippen molar-refractivity contribution in [2.75, 3.05) is 11.9 Å². The van der Waals surface area contributed by atoms with Crippen molar-refractivity contribution in [2.45, 2.75) is 6.54 Å². The van der Waals surface area contributed by atoms with Gasteiger partial charge in [-0.2, -0.15) is 0 Å². The Kier molecular flexibility index (Phi) is 4.72. The van der Waals surface area contributed by atoms with Crippen LogP contribution in [0, 0.1) is 5.82 Å². The molecular formula is C17H16FNO2. The first-order chi connectivity index (χ1) is 10.1. The first kappa shape index (κ1) is 14.8. The predicted octanol–water partition coefficient (Wildman–Crippen LogP) is 3.56. The zero-order chi connectivity index (χ0) is 15.2. The molecule has 0 aromatic heterocycles. The Morgan fingerprint density at radius 1 is 1.19 bits per heavy atom. The lowest BCUT2D eigenvalue weighted by atomic mass is 10.1. The van der Waals surface area contributed by atoms with Crippen LogP contribution in [0.3, 0.4) is 0 Å². The second-order valence-electron chi connectivity index (χ2n) is 4.68. The molecule has 0 aliphatic carbocycles. The number of nitrogens with zero attached hydrogens (tertiary/aromatic N) is 1. The molecular weight excluding hydrogens is 269 g/mol. The van der Waals surface area contributed by atoms with E-state index >= 15 is 0 Å². The summed E-state index contributed by atoms with van der Waals surface area (Å²) in [5.74, 6) is -1.27. The van der Waals surface area contributed by atoms with E-state index in [1.54, 1.807) is 36.2 Å². The minimum absolute atomic E-state index is 0.279. The second kappa shape index (κ2) is 6.70. The number of hydrogen-bond donors (Lipinski definition) is 1. The van der Waals surface area contributed by atoms with E-state index in [0.29, 0.717) is 12.2 Å². The van der Waals surface area contributed by atoms with Crippen molar-refractivity contribution >= 4 is 17.7 Å². The highest BCUT2D eigenvalue weighted by Crippen LogP contribution is 2.21. The summed E-state index contributed by atoms with van der Waals surface area (Å²) in [5, 5.41) is 8.72. The summed E-state index contributed by atoms with van der Waals surface area (Å²) in [6.45, 7) is 0.487. The van der Waals surface area contributed by atoms with Gasteiger partial charge in [-0.3, -0.25) is 0 Å². The summed E-state index contributed by atoms with van der Waals surface area (Å²) in [6.07, 6.45) is 2.65. The van der Waals surface area contributed by atoms with Gasteiger partial charge >= 0.3 is 5.97 Å². The Morgan fingerprint density at radius 3 is 2.57 bits per heavy atom. The number of halogens is 1. The van der Waals surface area contributed by atoms with Crippen molar-refractivity contribution in [1.29, 1.82) is 0 Å². The number of benzene rings is 2. The normalized spacial score (nSPS) is 10.8. The largest absolute Gasteiger partial charge is 0.478 e. The number of aliphatic carboxylic acids is 1. The monoisotopic (exact) mass is 285 g/mol. The van der Waals surface area contributed by atoms with Gasteiger partial charge in [0.1, 0.15) is 5.82 Å². The highest BCUT2D eigenvalue weighted by Gasteiger charge is 2.08. The van der Waals surface area contributed by atoms with Gasteiger partial charge in [-0.1, -0.05) is 36.4 Å². The molecule has 0 aliphatic heterocycles. The van der Waals surface area contributed by atoms with Gasteiger partial charge in [0, 0.05) is 19.7 Å². The number of carbonyl (C=O) groups is 1. The van der Waals surface area contributed by atoms with Crippen LogP contribution in [0.1, 0.15) is 11.1 Å². The quantitative estimate of drug-likeness (QED) is 0.854. The maximum atomic E-state index is 13.8.